The van der Waals surface area contributed by atoms with Crippen molar-refractivity contribution in [1.29, 1.82) is 0 Å². The van der Waals surface area contributed by atoms with E-state index in [0.717, 1.165) is 30.2 Å². The molecule has 4 nitrogen and oxygen atoms in total. The predicted octanol–water partition coefficient (Wildman–Crippen LogP) is 1.75. The molecule has 1 aromatic rings. The Hall–Kier alpha value is -1.26. The number of ether oxygens (including phenoxy) is 3. The van der Waals surface area contributed by atoms with Gasteiger partial charge in [0.15, 0.2) is 0 Å². The Kier molecular flexibility index (Phi) is 3.86. The van der Waals surface area contributed by atoms with E-state index >= 15 is 0 Å². The predicted molar refractivity (Wildman–Crippen MR) is 65.7 cm³/mol. The zero-order valence-electron chi connectivity index (χ0n) is 10.5. The van der Waals surface area contributed by atoms with Crippen LogP contribution in [0.1, 0.15) is 18.6 Å². The molecule has 0 spiro atoms. The zero-order valence-corrected chi connectivity index (χ0v) is 10.5. The van der Waals surface area contributed by atoms with Crippen LogP contribution in [0.15, 0.2) is 18.2 Å². The van der Waals surface area contributed by atoms with Crippen LogP contribution in [0.5, 0.6) is 11.5 Å². The first-order valence-electron chi connectivity index (χ1n) is 5.81. The van der Waals surface area contributed by atoms with Crippen molar-refractivity contribution >= 4 is 0 Å². The van der Waals surface area contributed by atoms with E-state index in [1.165, 1.54) is 0 Å². The maximum atomic E-state index is 5.81. The molecule has 2 atom stereocenters. The van der Waals surface area contributed by atoms with Crippen molar-refractivity contribution in [2.75, 3.05) is 27.4 Å². The number of benzene rings is 1. The van der Waals surface area contributed by atoms with E-state index in [0.29, 0.717) is 6.04 Å². The lowest BCUT2D eigenvalue weighted by atomic mass is 10.1. The van der Waals surface area contributed by atoms with Gasteiger partial charge in [0.05, 0.1) is 26.9 Å². The van der Waals surface area contributed by atoms with Gasteiger partial charge >= 0.3 is 0 Å². The molecule has 0 saturated carbocycles. The molecule has 2 unspecified atom stereocenters. The molecular formula is C13H19NO3. The quantitative estimate of drug-likeness (QED) is 0.869. The van der Waals surface area contributed by atoms with Crippen LogP contribution in [0, 0.1) is 0 Å². The fraction of sp³-hybridized carbons (Fsp3) is 0.538. The summed E-state index contributed by atoms with van der Waals surface area (Å²) in [7, 11) is 3.31. The molecule has 1 aliphatic heterocycles. The molecule has 0 aromatic heterocycles. The second-order valence-electron chi connectivity index (χ2n) is 4.24. The molecule has 1 fully saturated rings. The first-order chi connectivity index (χ1) is 8.24. The molecule has 1 heterocycles. The molecule has 0 aliphatic carbocycles. The van der Waals surface area contributed by atoms with Crippen LogP contribution in [-0.4, -0.2) is 33.4 Å². The van der Waals surface area contributed by atoms with E-state index in [1.54, 1.807) is 14.2 Å². The minimum Gasteiger partial charge on any atom is -0.497 e. The lowest BCUT2D eigenvalue weighted by Gasteiger charge is -2.29. The highest BCUT2D eigenvalue weighted by Crippen LogP contribution is 2.32. The molecule has 1 saturated heterocycles. The van der Waals surface area contributed by atoms with E-state index in [1.807, 2.05) is 18.2 Å². The van der Waals surface area contributed by atoms with Gasteiger partial charge in [0, 0.05) is 24.2 Å². The van der Waals surface area contributed by atoms with E-state index in [4.69, 9.17) is 14.2 Å². The lowest BCUT2D eigenvalue weighted by molar-refractivity contribution is 0.00570. The fourth-order valence-corrected chi connectivity index (χ4v) is 1.97. The molecule has 1 aliphatic rings. The van der Waals surface area contributed by atoms with E-state index < -0.39 is 0 Å². The third kappa shape index (κ3) is 2.70. The molecule has 1 aromatic carbocycles. The lowest BCUT2D eigenvalue weighted by Crippen LogP contribution is -2.40. The Labute approximate surface area is 102 Å². The largest absolute Gasteiger partial charge is 0.497 e. The van der Waals surface area contributed by atoms with Gasteiger partial charge in [-0.15, -0.1) is 0 Å². The highest BCUT2D eigenvalue weighted by Gasteiger charge is 2.22. The Morgan fingerprint density at radius 3 is 2.71 bits per heavy atom. The summed E-state index contributed by atoms with van der Waals surface area (Å²) in [6.07, 6.45) is 0.0482. The van der Waals surface area contributed by atoms with Crippen LogP contribution in [0.25, 0.3) is 0 Å². The molecule has 4 heteroatoms. The number of methoxy groups -OCH3 is 2. The Bertz CT molecular complexity index is 373. The molecular weight excluding hydrogens is 218 g/mol. The van der Waals surface area contributed by atoms with Crippen LogP contribution in [0.4, 0.5) is 0 Å². The fourth-order valence-electron chi connectivity index (χ4n) is 1.97. The summed E-state index contributed by atoms with van der Waals surface area (Å²) in [6, 6.07) is 6.23. The van der Waals surface area contributed by atoms with Gasteiger partial charge in [-0.25, -0.2) is 0 Å². The minimum absolute atomic E-state index is 0.0482. The van der Waals surface area contributed by atoms with Crippen molar-refractivity contribution < 1.29 is 14.2 Å². The van der Waals surface area contributed by atoms with E-state index in [-0.39, 0.29) is 6.10 Å². The third-order valence-electron chi connectivity index (χ3n) is 2.99. The Morgan fingerprint density at radius 1 is 1.29 bits per heavy atom. The monoisotopic (exact) mass is 237 g/mol. The third-order valence-corrected chi connectivity index (χ3v) is 2.99. The topological polar surface area (TPSA) is 39.7 Å². The van der Waals surface area contributed by atoms with Gasteiger partial charge in [-0.1, -0.05) is 0 Å². The maximum absolute atomic E-state index is 5.81. The summed E-state index contributed by atoms with van der Waals surface area (Å²) >= 11 is 0. The van der Waals surface area contributed by atoms with E-state index in [9.17, 15) is 0 Å². The molecule has 94 valence electrons. The standard InChI is InChI=1S/C13H19NO3/c1-9-8-17-13(7-14-9)11-5-4-10(15-2)6-12(11)16-3/h4-6,9,13-14H,7-8H2,1-3H3. The highest BCUT2D eigenvalue weighted by molar-refractivity contribution is 5.42. The minimum atomic E-state index is 0.0482. The first-order valence-corrected chi connectivity index (χ1v) is 5.81. The average Bonchev–Trinajstić information content (AvgIpc) is 2.39. The summed E-state index contributed by atoms with van der Waals surface area (Å²) in [5, 5.41) is 3.40. The summed E-state index contributed by atoms with van der Waals surface area (Å²) < 4.78 is 16.4. The molecule has 0 amide bonds. The van der Waals surface area contributed by atoms with Crippen LogP contribution in [0.3, 0.4) is 0 Å². The second kappa shape index (κ2) is 5.38. The van der Waals surface area contributed by atoms with Gasteiger partial charge in [0.2, 0.25) is 0 Å². The van der Waals surface area contributed by atoms with Gasteiger partial charge in [0.25, 0.3) is 0 Å². The molecule has 0 bridgehead atoms. The van der Waals surface area contributed by atoms with Gasteiger partial charge in [-0.3, -0.25) is 0 Å². The van der Waals surface area contributed by atoms with Gasteiger partial charge < -0.3 is 19.5 Å². The Balaban J connectivity index is 2.19. The SMILES string of the molecule is COc1ccc(C2CNC(C)CO2)c(OC)c1. The normalized spacial score (nSPS) is 24.4. The number of rotatable bonds is 3. The van der Waals surface area contributed by atoms with Crippen molar-refractivity contribution in [3.63, 3.8) is 0 Å². The highest BCUT2D eigenvalue weighted by atomic mass is 16.5. The number of hydrogen-bond acceptors (Lipinski definition) is 4. The second-order valence-corrected chi connectivity index (χ2v) is 4.24. The van der Waals surface area contributed by atoms with Crippen LogP contribution in [0.2, 0.25) is 0 Å². The smallest absolute Gasteiger partial charge is 0.128 e. The van der Waals surface area contributed by atoms with Crippen molar-refractivity contribution in [2.45, 2.75) is 19.1 Å². The Morgan fingerprint density at radius 2 is 2.12 bits per heavy atom. The molecule has 0 radical (unpaired) electrons. The van der Waals surface area contributed by atoms with Gasteiger partial charge in [-0.05, 0) is 19.1 Å². The summed E-state index contributed by atoms with van der Waals surface area (Å²) in [4.78, 5) is 0. The van der Waals surface area contributed by atoms with Crippen LogP contribution >= 0.6 is 0 Å². The van der Waals surface area contributed by atoms with Crippen LogP contribution in [-0.2, 0) is 4.74 Å². The van der Waals surface area contributed by atoms with Gasteiger partial charge in [-0.2, -0.15) is 0 Å². The number of morpholine rings is 1. The molecule has 1 N–H and O–H groups in total. The average molecular weight is 237 g/mol. The summed E-state index contributed by atoms with van der Waals surface area (Å²) in [6.45, 7) is 3.64. The zero-order chi connectivity index (χ0) is 12.3. The number of nitrogens with one attached hydrogen (secondary N) is 1. The van der Waals surface area contributed by atoms with Crippen molar-refractivity contribution in [3.05, 3.63) is 23.8 Å². The van der Waals surface area contributed by atoms with Crippen molar-refractivity contribution in [2.24, 2.45) is 0 Å². The summed E-state index contributed by atoms with van der Waals surface area (Å²) in [5.41, 5.74) is 1.06. The maximum Gasteiger partial charge on any atom is 0.128 e. The van der Waals surface area contributed by atoms with E-state index in [2.05, 4.69) is 12.2 Å². The first kappa shape index (κ1) is 12.2. The van der Waals surface area contributed by atoms with Gasteiger partial charge in [0.1, 0.15) is 11.5 Å². The van der Waals surface area contributed by atoms with Crippen LogP contribution < -0.4 is 14.8 Å². The summed E-state index contributed by atoms with van der Waals surface area (Å²) in [5.74, 6) is 1.61. The van der Waals surface area contributed by atoms with Crippen molar-refractivity contribution in [3.8, 4) is 11.5 Å². The molecule has 17 heavy (non-hydrogen) atoms. The van der Waals surface area contributed by atoms with Crippen molar-refractivity contribution in [1.82, 2.24) is 5.32 Å². The molecule has 2 rings (SSSR count). The number of hydrogen-bond donors (Lipinski definition) is 1.